The monoisotopic (exact) mass is 620 g/mol. The van der Waals surface area contributed by atoms with Gasteiger partial charge in [0.2, 0.25) is 0 Å². The predicted molar refractivity (Wildman–Crippen MR) is 156 cm³/mol. The molecular formula is C32H34F6N4O2. The lowest BCUT2D eigenvalue weighted by Crippen LogP contribution is -2.55. The van der Waals surface area contributed by atoms with Crippen LogP contribution in [-0.2, 0) is 6.18 Å². The summed E-state index contributed by atoms with van der Waals surface area (Å²) in [6.07, 6.45) is -0.500. The van der Waals surface area contributed by atoms with E-state index in [0.29, 0.717) is 19.2 Å². The third-order valence-corrected chi connectivity index (χ3v) is 9.03. The van der Waals surface area contributed by atoms with Gasteiger partial charge in [0.15, 0.2) is 0 Å². The van der Waals surface area contributed by atoms with Gasteiger partial charge in [0.05, 0.1) is 16.9 Å². The normalized spacial score (nSPS) is 19.9. The number of piperazine rings is 1. The summed E-state index contributed by atoms with van der Waals surface area (Å²) in [5.74, 6) is -4.02. The van der Waals surface area contributed by atoms with Crippen molar-refractivity contribution in [1.82, 2.24) is 14.4 Å². The first-order chi connectivity index (χ1) is 20.7. The van der Waals surface area contributed by atoms with Crippen LogP contribution in [0.3, 0.4) is 0 Å². The molecule has 2 aliphatic rings. The zero-order valence-electron chi connectivity index (χ0n) is 24.9. The number of halogens is 6. The van der Waals surface area contributed by atoms with Crippen molar-refractivity contribution in [2.75, 3.05) is 32.1 Å². The minimum absolute atomic E-state index is 0.0225. The van der Waals surface area contributed by atoms with Crippen LogP contribution in [-0.4, -0.2) is 65.6 Å². The van der Waals surface area contributed by atoms with Gasteiger partial charge in [-0.2, -0.15) is 13.2 Å². The van der Waals surface area contributed by atoms with E-state index in [1.54, 1.807) is 0 Å². The Labute approximate surface area is 251 Å². The third-order valence-electron chi connectivity index (χ3n) is 9.03. The van der Waals surface area contributed by atoms with Crippen LogP contribution in [0.4, 0.5) is 32.0 Å². The van der Waals surface area contributed by atoms with E-state index < -0.39 is 46.2 Å². The maximum Gasteiger partial charge on any atom is 0.416 e. The third kappa shape index (κ3) is 5.96. The Balaban J connectivity index is 1.63. The highest BCUT2D eigenvalue weighted by atomic mass is 19.4. The lowest BCUT2D eigenvalue weighted by Gasteiger charge is -2.44. The molecule has 1 aliphatic heterocycles. The SMILES string of the molecule is C[C@@H]1CN(c2cc(F)c(-c3cc(F)c(C(=O)N(C)C4CCCC4)c(F)c3)cc2-n2ccc(C(F)(F)F)cc2=O)C[C@H](C)N1C. The average molecular weight is 621 g/mol. The molecule has 2 aromatic carbocycles. The number of aromatic nitrogens is 1. The van der Waals surface area contributed by atoms with E-state index in [4.69, 9.17) is 0 Å². The van der Waals surface area contributed by atoms with Crippen LogP contribution in [0.2, 0.25) is 0 Å². The number of hydrogen-bond donors (Lipinski definition) is 0. The zero-order chi connectivity index (χ0) is 32.1. The molecule has 0 unspecified atom stereocenters. The number of rotatable bonds is 5. The summed E-state index contributed by atoms with van der Waals surface area (Å²) < 4.78 is 87.5. The van der Waals surface area contributed by atoms with Gasteiger partial charge < -0.3 is 9.80 Å². The fourth-order valence-electron chi connectivity index (χ4n) is 6.24. The lowest BCUT2D eigenvalue weighted by atomic mass is 9.99. The van der Waals surface area contributed by atoms with Crippen LogP contribution in [0.15, 0.2) is 47.4 Å². The molecule has 6 nitrogen and oxygen atoms in total. The second-order valence-corrected chi connectivity index (χ2v) is 11.9. The highest BCUT2D eigenvalue weighted by Gasteiger charge is 2.33. The van der Waals surface area contributed by atoms with Crippen LogP contribution >= 0.6 is 0 Å². The Kier molecular flexibility index (Phi) is 8.58. The van der Waals surface area contributed by atoms with Gasteiger partial charge >= 0.3 is 6.18 Å². The largest absolute Gasteiger partial charge is 0.416 e. The molecule has 44 heavy (non-hydrogen) atoms. The predicted octanol–water partition coefficient (Wildman–Crippen LogP) is 6.48. The van der Waals surface area contributed by atoms with Crippen molar-refractivity contribution in [3.63, 3.8) is 0 Å². The van der Waals surface area contributed by atoms with Gasteiger partial charge in [0, 0.05) is 56.1 Å². The highest BCUT2D eigenvalue weighted by molar-refractivity contribution is 5.95. The topological polar surface area (TPSA) is 48.8 Å². The quantitative estimate of drug-likeness (QED) is 0.307. The Hall–Kier alpha value is -3.80. The van der Waals surface area contributed by atoms with E-state index in [1.165, 1.54) is 18.0 Å². The molecule has 0 N–H and O–H groups in total. The van der Waals surface area contributed by atoms with Crippen LogP contribution in [0.25, 0.3) is 16.8 Å². The van der Waals surface area contributed by atoms with E-state index in [9.17, 15) is 22.8 Å². The number of anilines is 1. The molecule has 5 rings (SSSR count). The van der Waals surface area contributed by atoms with Crippen molar-refractivity contribution in [2.45, 2.75) is 63.8 Å². The summed E-state index contributed by atoms with van der Waals surface area (Å²) in [6.45, 7) is 4.79. The second kappa shape index (κ2) is 11.9. The molecule has 2 heterocycles. The second-order valence-electron chi connectivity index (χ2n) is 11.9. The minimum atomic E-state index is -4.75. The standard InChI is InChI=1S/C32H34F6N4O2/c1-18-16-41(17-19(2)39(18)3)27-15-24(33)23(14-28(27)42-10-9-21(13-29(42)43)32(36,37)38)20-11-25(34)30(26(35)12-20)31(44)40(4)22-7-5-6-8-22/h9-15,18-19,22H,5-8,16-17H2,1-4H3/t18-,19+. The Bertz CT molecular complexity index is 1600. The molecule has 12 heteroatoms. The van der Waals surface area contributed by atoms with Crippen molar-refractivity contribution >= 4 is 11.6 Å². The summed E-state index contributed by atoms with van der Waals surface area (Å²) in [6, 6.07) is 5.15. The molecule has 2 fully saturated rings. The maximum absolute atomic E-state index is 15.8. The molecule has 236 valence electrons. The zero-order valence-corrected chi connectivity index (χ0v) is 24.9. The molecule has 1 saturated carbocycles. The first-order valence-corrected chi connectivity index (χ1v) is 14.5. The molecule has 0 radical (unpaired) electrons. The first kappa shape index (κ1) is 31.6. The molecule has 2 atom stereocenters. The first-order valence-electron chi connectivity index (χ1n) is 14.5. The molecule has 0 spiro atoms. The number of pyridine rings is 1. The molecular weight excluding hydrogens is 586 g/mol. The number of carbonyl (C=O) groups is 1. The highest BCUT2D eigenvalue weighted by Crippen LogP contribution is 2.36. The van der Waals surface area contributed by atoms with E-state index in [-0.39, 0.29) is 40.6 Å². The van der Waals surface area contributed by atoms with Gasteiger partial charge in [-0.15, -0.1) is 0 Å². The summed E-state index contributed by atoms with van der Waals surface area (Å²) in [5, 5.41) is 0. The molecule has 1 amide bonds. The van der Waals surface area contributed by atoms with Crippen LogP contribution in [0.5, 0.6) is 0 Å². The Morgan fingerprint density at radius 1 is 0.886 bits per heavy atom. The van der Waals surface area contributed by atoms with Gasteiger partial charge in [-0.3, -0.25) is 19.1 Å². The van der Waals surface area contributed by atoms with Crippen molar-refractivity contribution in [1.29, 1.82) is 0 Å². The van der Waals surface area contributed by atoms with Crippen molar-refractivity contribution in [3.8, 4) is 16.8 Å². The Morgan fingerprint density at radius 3 is 2.02 bits per heavy atom. The van der Waals surface area contributed by atoms with Gasteiger partial charge in [0.25, 0.3) is 11.5 Å². The van der Waals surface area contributed by atoms with Gasteiger partial charge in [-0.25, -0.2) is 13.2 Å². The van der Waals surface area contributed by atoms with E-state index >= 15 is 13.2 Å². The van der Waals surface area contributed by atoms with Crippen molar-refractivity contribution in [2.24, 2.45) is 0 Å². The molecule has 3 aromatic rings. The maximum atomic E-state index is 15.8. The summed E-state index contributed by atoms with van der Waals surface area (Å²) >= 11 is 0. The van der Waals surface area contributed by atoms with E-state index in [1.807, 2.05) is 25.8 Å². The van der Waals surface area contributed by atoms with E-state index in [2.05, 4.69) is 4.90 Å². The summed E-state index contributed by atoms with van der Waals surface area (Å²) in [5.41, 5.74) is -3.13. The molecule has 0 bridgehead atoms. The number of carbonyl (C=O) groups excluding carboxylic acids is 1. The summed E-state index contributed by atoms with van der Waals surface area (Å²) in [4.78, 5) is 31.3. The van der Waals surface area contributed by atoms with Crippen LogP contribution in [0.1, 0.15) is 55.5 Å². The number of benzene rings is 2. The number of amides is 1. The average Bonchev–Trinajstić information content (AvgIpc) is 3.49. The smallest absolute Gasteiger partial charge is 0.367 e. The summed E-state index contributed by atoms with van der Waals surface area (Å²) in [7, 11) is 3.44. The molecule has 1 aromatic heterocycles. The lowest BCUT2D eigenvalue weighted by molar-refractivity contribution is -0.137. The minimum Gasteiger partial charge on any atom is -0.367 e. The van der Waals surface area contributed by atoms with Gasteiger partial charge in [0.1, 0.15) is 23.0 Å². The molecule has 1 aliphatic carbocycles. The van der Waals surface area contributed by atoms with E-state index in [0.717, 1.165) is 60.7 Å². The van der Waals surface area contributed by atoms with Crippen molar-refractivity contribution in [3.05, 3.63) is 81.5 Å². The van der Waals surface area contributed by atoms with Crippen LogP contribution in [0, 0.1) is 17.5 Å². The number of alkyl halides is 3. The van der Waals surface area contributed by atoms with Crippen LogP contribution < -0.4 is 10.5 Å². The Morgan fingerprint density at radius 2 is 1.48 bits per heavy atom. The number of hydrogen-bond acceptors (Lipinski definition) is 4. The van der Waals surface area contributed by atoms with Crippen molar-refractivity contribution < 1.29 is 31.1 Å². The van der Waals surface area contributed by atoms with Gasteiger partial charge in [-0.05, 0) is 69.6 Å². The fourth-order valence-corrected chi connectivity index (χ4v) is 6.24. The fraction of sp³-hybridized carbons (Fsp3) is 0.438. The number of likely N-dealkylation sites (N-methyl/N-ethyl adjacent to an activating group) is 1. The number of nitrogens with zero attached hydrogens (tertiary/aromatic N) is 4. The molecule has 1 saturated heterocycles. The van der Waals surface area contributed by atoms with Gasteiger partial charge in [-0.1, -0.05) is 12.8 Å².